The lowest BCUT2D eigenvalue weighted by molar-refractivity contribution is -0.112. The zero-order chi connectivity index (χ0) is 19.2. The monoisotopic (exact) mass is 365 g/mol. The maximum atomic E-state index is 12.5. The van der Waals surface area contributed by atoms with E-state index in [0.717, 1.165) is 37.4 Å². The van der Waals surface area contributed by atoms with Gasteiger partial charge in [0.05, 0.1) is 12.8 Å². The number of nitrogens with one attached hydrogen (secondary N) is 1. The Morgan fingerprint density at radius 3 is 2.74 bits per heavy atom. The van der Waals surface area contributed by atoms with E-state index in [2.05, 4.69) is 10.2 Å². The molecule has 1 aliphatic heterocycles. The molecule has 1 aliphatic rings. The number of rotatable bonds is 5. The van der Waals surface area contributed by atoms with Gasteiger partial charge < -0.3 is 19.4 Å². The number of carbonyl (C=O) groups is 1. The number of methoxy groups -OCH3 is 1. The number of carbonyl (C=O) groups excluding carboxylic acids is 1. The van der Waals surface area contributed by atoms with E-state index in [1.165, 1.54) is 19.6 Å². The number of ether oxygens (including phenoxy) is 1. The maximum absolute atomic E-state index is 12.5. The van der Waals surface area contributed by atoms with E-state index < -0.39 is 5.91 Å². The molecule has 3 rings (SSSR count). The third-order valence-corrected chi connectivity index (χ3v) is 4.54. The Morgan fingerprint density at radius 1 is 1.26 bits per heavy atom. The van der Waals surface area contributed by atoms with Crippen LogP contribution in [0.5, 0.6) is 5.75 Å². The number of aryl methyl sites for hydroxylation is 1. The first-order chi connectivity index (χ1) is 13.1. The van der Waals surface area contributed by atoms with E-state index in [9.17, 15) is 10.1 Å². The average molecular weight is 365 g/mol. The summed E-state index contributed by atoms with van der Waals surface area (Å²) in [6, 6.07) is 11.1. The van der Waals surface area contributed by atoms with Crippen LogP contribution in [0.4, 0.5) is 11.6 Å². The van der Waals surface area contributed by atoms with Crippen LogP contribution in [-0.2, 0) is 4.79 Å². The molecule has 2 heterocycles. The van der Waals surface area contributed by atoms with Crippen LogP contribution in [-0.4, -0.2) is 26.1 Å². The number of furan rings is 1. The number of nitrogens with zero attached hydrogens (tertiary/aromatic N) is 2. The predicted octanol–water partition coefficient (Wildman–Crippen LogP) is 4.13. The molecule has 0 radical (unpaired) electrons. The van der Waals surface area contributed by atoms with Crippen molar-refractivity contribution in [1.29, 1.82) is 5.26 Å². The van der Waals surface area contributed by atoms with Crippen molar-refractivity contribution in [2.24, 2.45) is 0 Å². The summed E-state index contributed by atoms with van der Waals surface area (Å²) in [5.41, 5.74) is 1.47. The van der Waals surface area contributed by atoms with Gasteiger partial charge >= 0.3 is 0 Å². The fourth-order valence-electron chi connectivity index (χ4n) is 3.10. The molecule has 6 nitrogen and oxygen atoms in total. The van der Waals surface area contributed by atoms with Crippen molar-refractivity contribution in [3.63, 3.8) is 0 Å². The van der Waals surface area contributed by atoms with Crippen molar-refractivity contribution >= 4 is 23.6 Å². The van der Waals surface area contributed by atoms with Gasteiger partial charge in [-0.25, -0.2) is 0 Å². The minimum Gasteiger partial charge on any atom is -0.495 e. The van der Waals surface area contributed by atoms with Crippen LogP contribution in [0.3, 0.4) is 0 Å². The fourth-order valence-corrected chi connectivity index (χ4v) is 3.10. The molecule has 1 aromatic carbocycles. The molecule has 0 unspecified atom stereocenters. The fraction of sp³-hybridized carbons (Fsp3) is 0.333. The number of hydrogen-bond acceptors (Lipinski definition) is 5. The van der Waals surface area contributed by atoms with Crippen molar-refractivity contribution < 1.29 is 13.9 Å². The number of benzene rings is 1. The molecule has 6 heteroatoms. The Morgan fingerprint density at radius 2 is 2.04 bits per heavy atom. The van der Waals surface area contributed by atoms with Gasteiger partial charge in [0.25, 0.3) is 5.91 Å². The van der Waals surface area contributed by atoms with E-state index in [-0.39, 0.29) is 5.57 Å². The summed E-state index contributed by atoms with van der Waals surface area (Å²) >= 11 is 0. The zero-order valence-corrected chi connectivity index (χ0v) is 15.6. The van der Waals surface area contributed by atoms with Crippen molar-refractivity contribution in [3.05, 3.63) is 47.2 Å². The van der Waals surface area contributed by atoms with Crippen LogP contribution < -0.4 is 15.0 Å². The highest BCUT2D eigenvalue weighted by molar-refractivity contribution is 6.10. The lowest BCUT2D eigenvalue weighted by Gasteiger charge is -2.25. The van der Waals surface area contributed by atoms with Crippen LogP contribution in [0, 0.1) is 18.3 Å². The van der Waals surface area contributed by atoms with Gasteiger partial charge in [-0.1, -0.05) is 6.07 Å². The van der Waals surface area contributed by atoms with E-state index in [1.807, 2.05) is 25.1 Å². The van der Waals surface area contributed by atoms with Crippen molar-refractivity contribution in [1.82, 2.24) is 0 Å². The van der Waals surface area contributed by atoms with E-state index >= 15 is 0 Å². The average Bonchev–Trinajstić information content (AvgIpc) is 3.15. The predicted molar refractivity (Wildman–Crippen MR) is 105 cm³/mol. The highest BCUT2D eigenvalue weighted by atomic mass is 16.5. The second-order valence-corrected chi connectivity index (χ2v) is 6.55. The largest absolute Gasteiger partial charge is 0.495 e. The molecule has 1 fully saturated rings. The van der Waals surface area contributed by atoms with Crippen molar-refractivity contribution in [2.75, 3.05) is 30.4 Å². The first kappa shape index (κ1) is 18.6. The van der Waals surface area contributed by atoms with Crippen LogP contribution in [0.25, 0.3) is 6.08 Å². The lowest BCUT2D eigenvalue weighted by Crippen LogP contribution is -2.28. The molecule has 0 atom stereocenters. The summed E-state index contributed by atoms with van der Waals surface area (Å²) < 4.78 is 11.1. The Bertz CT molecular complexity index is 886. The number of amides is 1. The highest BCUT2D eigenvalue weighted by Crippen LogP contribution is 2.27. The Kier molecular flexibility index (Phi) is 5.82. The molecule has 1 amide bonds. The molecular formula is C21H23N3O3. The summed E-state index contributed by atoms with van der Waals surface area (Å²) in [5, 5.41) is 12.1. The van der Waals surface area contributed by atoms with Gasteiger partial charge in [-0.2, -0.15) is 5.26 Å². The highest BCUT2D eigenvalue weighted by Gasteiger charge is 2.16. The van der Waals surface area contributed by atoms with Gasteiger partial charge in [0.15, 0.2) is 5.88 Å². The van der Waals surface area contributed by atoms with E-state index in [4.69, 9.17) is 9.15 Å². The van der Waals surface area contributed by atoms with Crippen LogP contribution in [0.2, 0.25) is 0 Å². The molecule has 0 bridgehead atoms. The van der Waals surface area contributed by atoms with Crippen molar-refractivity contribution in [2.45, 2.75) is 26.2 Å². The molecule has 1 aromatic heterocycles. The lowest BCUT2D eigenvalue weighted by atomic mass is 10.1. The summed E-state index contributed by atoms with van der Waals surface area (Å²) in [5.74, 6) is 1.30. The van der Waals surface area contributed by atoms with Gasteiger partial charge in [0.1, 0.15) is 23.2 Å². The van der Waals surface area contributed by atoms with Crippen LogP contribution in [0.1, 0.15) is 30.6 Å². The third kappa shape index (κ3) is 4.50. The molecule has 0 aliphatic carbocycles. The summed E-state index contributed by atoms with van der Waals surface area (Å²) in [6.45, 7) is 3.85. The third-order valence-electron chi connectivity index (χ3n) is 4.54. The first-order valence-corrected chi connectivity index (χ1v) is 9.03. The van der Waals surface area contributed by atoms with Gasteiger partial charge in [0.2, 0.25) is 0 Å². The normalized spacial score (nSPS) is 14.6. The summed E-state index contributed by atoms with van der Waals surface area (Å²) in [7, 11) is 1.53. The number of anilines is 2. The Balaban J connectivity index is 1.76. The Labute approximate surface area is 159 Å². The van der Waals surface area contributed by atoms with Gasteiger partial charge in [-0.15, -0.1) is 0 Å². The molecule has 1 saturated heterocycles. The van der Waals surface area contributed by atoms with Gasteiger partial charge in [0, 0.05) is 25.2 Å². The summed E-state index contributed by atoms with van der Waals surface area (Å²) in [6.07, 6.45) is 5.00. The van der Waals surface area contributed by atoms with Crippen LogP contribution >= 0.6 is 0 Å². The second kappa shape index (κ2) is 8.45. The SMILES string of the molecule is COc1ccc(C)cc1NC(=O)/C(C#N)=C/c1ccc(N2CCCCC2)o1. The van der Waals surface area contributed by atoms with E-state index in [0.29, 0.717) is 17.2 Å². The molecule has 0 saturated carbocycles. The number of piperidine rings is 1. The minimum absolute atomic E-state index is 0.0295. The maximum Gasteiger partial charge on any atom is 0.266 e. The first-order valence-electron chi connectivity index (χ1n) is 9.03. The number of nitriles is 1. The number of hydrogen-bond donors (Lipinski definition) is 1. The zero-order valence-electron chi connectivity index (χ0n) is 15.6. The molecule has 2 aromatic rings. The standard InChI is InChI=1S/C21H23N3O3/c1-15-6-8-19(26-2)18(12-15)23-21(25)16(14-22)13-17-7-9-20(27-17)24-10-4-3-5-11-24/h6-9,12-13H,3-5,10-11H2,1-2H3,(H,23,25)/b16-13+. The topological polar surface area (TPSA) is 78.5 Å². The molecule has 0 spiro atoms. The van der Waals surface area contributed by atoms with Crippen LogP contribution in [0.15, 0.2) is 40.3 Å². The molecular weight excluding hydrogens is 342 g/mol. The van der Waals surface area contributed by atoms with Gasteiger partial charge in [-0.3, -0.25) is 4.79 Å². The van der Waals surface area contributed by atoms with Crippen molar-refractivity contribution in [3.8, 4) is 11.8 Å². The quantitative estimate of drug-likeness (QED) is 0.636. The smallest absolute Gasteiger partial charge is 0.266 e. The second-order valence-electron chi connectivity index (χ2n) is 6.55. The molecule has 27 heavy (non-hydrogen) atoms. The molecule has 140 valence electrons. The Hall–Kier alpha value is -3.20. The minimum atomic E-state index is -0.502. The van der Waals surface area contributed by atoms with Gasteiger partial charge in [-0.05, 0) is 49.9 Å². The molecule has 1 N–H and O–H groups in total. The summed E-state index contributed by atoms with van der Waals surface area (Å²) in [4.78, 5) is 14.7. The van der Waals surface area contributed by atoms with E-state index in [1.54, 1.807) is 18.2 Å².